The van der Waals surface area contributed by atoms with Crippen molar-refractivity contribution in [1.29, 1.82) is 5.26 Å². The highest BCUT2D eigenvalue weighted by Crippen LogP contribution is 1.92. The van der Waals surface area contributed by atoms with Crippen molar-refractivity contribution >= 4 is 5.91 Å². The van der Waals surface area contributed by atoms with E-state index in [1.54, 1.807) is 11.9 Å². The Morgan fingerprint density at radius 3 is 2.29 bits per heavy atom. The van der Waals surface area contributed by atoms with Crippen molar-refractivity contribution in [3.05, 3.63) is 0 Å². The zero-order chi connectivity index (χ0) is 11.0. The lowest BCUT2D eigenvalue weighted by Crippen LogP contribution is -2.36. The predicted molar refractivity (Wildman–Crippen MR) is 55.7 cm³/mol. The first-order valence-electron chi connectivity index (χ1n) is 4.98. The summed E-state index contributed by atoms with van der Waals surface area (Å²) in [4.78, 5) is 15.1. The second-order valence-electron chi connectivity index (χ2n) is 3.18. The van der Waals surface area contributed by atoms with Crippen LogP contribution >= 0.6 is 0 Å². The van der Waals surface area contributed by atoms with Crippen LogP contribution in [0.3, 0.4) is 0 Å². The topological polar surface area (TPSA) is 47.3 Å². The summed E-state index contributed by atoms with van der Waals surface area (Å²) in [5.74, 6) is -0.0975. The summed E-state index contributed by atoms with van der Waals surface area (Å²) in [6.07, 6.45) is -0.0191. The number of nitrogens with zero attached hydrogens (tertiary/aromatic N) is 3. The molecule has 0 aromatic heterocycles. The molecule has 0 N–H and O–H groups in total. The van der Waals surface area contributed by atoms with Gasteiger partial charge in [0.25, 0.3) is 0 Å². The van der Waals surface area contributed by atoms with Gasteiger partial charge in [-0.3, -0.25) is 4.79 Å². The first-order valence-corrected chi connectivity index (χ1v) is 4.98. The van der Waals surface area contributed by atoms with Gasteiger partial charge in [0.2, 0.25) is 5.91 Å². The summed E-state index contributed by atoms with van der Waals surface area (Å²) >= 11 is 0. The molecule has 0 aromatic carbocycles. The number of hydrogen-bond acceptors (Lipinski definition) is 3. The maximum absolute atomic E-state index is 11.2. The van der Waals surface area contributed by atoms with Gasteiger partial charge in [-0.15, -0.1) is 0 Å². The Kier molecular flexibility index (Phi) is 6.77. The lowest BCUT2D eigenvalue weighted by molar-refractivity contribution is -0.129. The van der Waals surface area contributed by atoms with E-state index in [1.165, 1.54) is 0 Å². The Morgan fingerprint density at radius 1 is 1.29 bits per heavy atom. The summed E-state index contributed by atoms with van der Waals surface area (Å²) in [7, 11) is 1.74. The second-order valence-corrected chi connectivity index (χ2v) is 3.18. The minimum absolute atomic E-state index is 0.0191. The third kappa shape index (κ3) is 4.83. The molecule has 14 heavy (non-hydrogen) atoms. The van der Waals surface area contributed by atoms with E-state index in [9.17, 15) is 4.79 Å². The molecular formula is C10H19N3O. The van der Waals surface area contributed by atoms with E-state index in [0.717, 1.165) is 19.6 Å². The summed E-state index contributed by atoms with van der Waals surface area (Å²) in [6.45, 7) is 7.76. The van der Waals surface area contributed by atoms with E-state index in [1.807, 2.05) is 6.07 Å². The molecule has 0 bridgehead atoms. The Morgan fingerprint density at radius 2 is 1.86 bits per heavy atom. The smallest absolute Gasteiger partial charge is 0.236 e. The van der Waals surface area contributed by atoms with Crippen LogP contribution in [0.5, 0.6) is 0 Å². The molecule has 4 nitrogen and oxygen atoms in total. The van der Waals surface area contributed by atoms with Crippen LogP contribution in [0.15, 0.2) is 0 Å². The summed E-state index contributed by atoms with van der Waals surface area (Å²) in [5.41, 5.74) is 0. The normalized spacial score (nSPS) is 9.93. The molecule has 0 spiro atoms. The molecule has 80 valence electrons. The van der Waals surface area contributed by atoms with Crippen LogP contribution in [0.4, 0.5) is 0 Å². The standard InChI is InChI=1S/C10H19N3O/c1-4-13(5-2)9-8-12(3)10(14)6-7-11/h4-6,8-9H2,1-3H3. The number of likely N-dealkylation sites (N-methyl/N-ethyl adjacent to an activating group) is 2. The number of amides is 1. The summed E-state index contributed by atoms with van der Waals surface area (Å²) in [6, 6.07) is 1.86. The zero-order valence-corrected chi connectivity index (χ0v) is 9.29. The van der Waals surface area contributed by atoms with Gasteiger partial charge in [-0.1, -0.05) is 13.8 Å². The Balaban J connectivity index is 3.78. The Hall–Kier alpha value is -1.08. The van der Waals surface area contributed by atoms with Gasteiger partial charge in [0.1, 0.15) is 6.42 Å². The van der Waals surface area contributed by atoms with Crippen LogP contribution in [-0.4, -0.2) is 48.9 Å². The minimum Gasteiger partial charge on any atom is -0.344 e. The average molecular weight is 197 g/mol. The molecule has 0 saturated heterocycles. The highest BCUT2D eigenvalue weighted by atomic mass is 16.2. The molecule has 0 aliphatic rings. The first-order chi connectivity index (χ1) is 6.65. The van der Waals surface area contributed by atoms with Crippen molar-refractivity contribution in [2.75, 3.05) is 33.2 Å². The fourth-order valence-corrected chi connectivity index (χ4v) is 1.16. The molecule has 0 aromatic rings. The number of hydrogen-bond donors (Lipinski definition) is 0. The lowest BCUT2D eigenvalue weighted by atomic mass is 10.4. The van der Waals surface area contributed by atoms with Gasteiger partial charge >= 0.3 is 0 Å². The molecule has 0 unspecified atom stereocenters. The van der Waals surface area contributed by atoms with Crippen molar-refractivity contribution in [3.8, 4) is 6.07 Å². The number of carbonyl (C=O) groups is 1. The Bertz CT molecular complexity index is 206. The van der Waals surface area contributed by atoms with Crippen LogP contribution in [-0.2, 0) is 4.79 Å². The zero-order valence-electron chi connectivity index (χ0n) is 9.29. The van der Waals surface area contributed by atoms with Crippen LogP contribution in [0.1, 0.15) is 20.3 Å². The average Bonchev–Trinajstić information content (AvgIpc) is 2.19. The van der Waals surface area contributed by atoms with Gasteiger partial charge in [-0.05, 0) is 13.1 Å². The molecule has 0 aliphatic heterocycles. The number of carbonyl (C=O) groups excluding carboxylic acids is 1. The van der Waals surface area contributed by atoms with Crippen LogP contribution in [0.2, 0.25) is 0 Å². The third-order valence-corrected chi connectivity index (χ3v) is 2.30. The Labute approximate surface area is 86.1 Å². The molecular weight excluding hydrogens is 178 g/mol. The van der Waals surface area contributed by atoms with Crippen LogP contribution in [0.25, 0.3) is 0 Å². The molecule has 0 aliphatic carbocycles. The van der Waals surface area contributed by atoms with Crippen LogP contribution in [0, 0.1) is 11.3 Å². The maximum Gasteiger partial charge on any atom is 0.236 e. The van der Waals surface area contributed by atoms with E-state index < -0.39 is 0 Å². The van der Waals surface area contributed by atoms with Crippen molar-refractivity contribution < 1.29 is 4.79 Å². The van der Waals surface area contributed by atoms with E-state index in [2.05, 4.69) is 18.7 Å². The SMILES string of the molecule is CCN(CC)CCN(C)C(=O)CC#N. The van der Waals surface area contributed by atoms with Crippen LogP contribution < -0.4 is 0 Å². The molecule has 1 amide bonds. The molecule has 0 atom stereocenters. The molecule has 0 radical (unpaired) electrons. The molecule has 0 saturated carbocycles. The van der Waals surface area contributed by atoms with E-state index in [4.69, 9.17) is 5.26 Å². The second kappa shape index (κ2) is 7.34. The van der Waals surface area contributed by atoms with Gasteiger partial charge in [0.05, 0.1) is 6.07 Å². The molecule has 0 heterocycles. The minimum atomic E-state index is -0.0975. The van der Waals surface area contributed by atoms with Gasteiger partial charge < -0.3 is 9.80 Å². The molecule has 0 rings (SSSR count). The summed E-state index contributed by atoms with van der Waals surface area (Å²) in [5, 5.41) is 8.35. The van der Waals surface area contributed by atoms with Crippen molar-refractivity contribution in [1.82, 2.24) is 9.80 Å². The monoisotopic (exact) mass is 197 g/mol. The van der Waals surface area contributed by atoms with Gasteiger partial charge in [0.15, 0.2) is 0 Å². The van der Waals surface area contributed by atoms with Gasteiger partial charge in [0, 0.05) is 20.1 Å². The first kappa shape index (κ1) is 12.9. The third-order valence-electron chi connectivity index (χ3n) is 2.30. The largest absolute Gasteiger partial charge is 0.344 e. The molecule has 0 fully saturated rings. The quantitative estimate of drug-likeness (QED) is 0.629. The maximum atomic E-state index is 11.2. The van der Waals surface area contributed by atoms with Gasteiger partial charge in [-0.25, -0.2) is 0 Å². The molecule has 4 heteroatoms. The predicted octanol–water partition coefficient (Wildman–Crippen LogP) is 0.700. The van der Waals surface area contributed by atoms with E-state index in [-0.39, 0.29) is 12.3 Å². The van der Waals surface area contributed by atoms with Crippen molar-refractivity contribution in [3.63, 3.8) is 0 Å². The van der Waals surface area contributed by atoms with E-state index in [0.29, 0.717) is 6.54 Å². The fraction of sp³-hybridized carbons (Fsp3) is 0.800. The number of rotatable bonds is 6. The van der Waals surface area contributed by atoms with Crippen molar-refractivity contribution in [2.24, 2.45) is 0 Å². The lowest BCUT2D eigenvalue weighted by Gasteiger charge is -2.22. The van der Waals surface area contributed by atoms with Gasteiger partial charge in [-0.2, -0.15) is 5.26 Å². The fourth-order valence-electron chi connectivity index (χ4n) is 1.16. The highest BCUT2D eigenvalue weighted by molar-refractivity contribution is 5.77. The van der Waals surface area contributed by atoms with E-state index >= 15 is 0 Å². The summed E-state index contributed by atoms with van der Waals surface area (Å²) < 4.78 is 0. The van der Waals surface area contributed by atoms with Crippen molar-refractivity contribution in [2.45, 2.75) is 20.3 Å². The highest BCUT2D eigenvalue weighted by Gasteiger charge is 2.08. The number of nitriles is 1.